The molecule has 0 aromatic carbocycles. The molecule has 15 heavy (non-hydrogen) atoms. The van der Waals surface area contributed by atoms with Gasteiger partial charge in [-0.25, -0.2) is 9.59 Å². The average Bonchev–Trinajstić information content (AvgIpc) is 2.26. The normalized spacial score (nSPS) is 10.2. The third kappa shape index (κ3) is 3.22. The molecule has 0 aliphatic carbocycles. The molecular weight excluding hydrogens is 198 g/mol. The number of hydrogen-bond donors (Lipinski definition) is 1. The summed E-state index contributed by atoms with van der Waals surface area (Å²) in [6.45, 7) is 0. The van der Waals surface area contributed by atoms with Gasteiger partial charge in [0.2, 0.25) is 0 Å². The van der Waals surface area contributed by atoms with E-state index in [4.69, 9.17) is 5.11 Å². The average molecular weight is 207 g/mol. The Morgan fingerprint density at radius 3 is 2.80 bits per heavy atom. The minimum Gasteiger partial charge on any atom is -0.478 e. The van der Waals surface area contributed by atoms with Crippen molar-refractivity contribution < 1.29 is 19.4 Å². The second-order valence-corrected chi connectivity index (χ2v) is 2.67. The molecule has 0 radical (unpaired) electrons. The first-order chi connectivity index (χ1) is 7.13. The van der Waals surface area contributed by atoms with E-state index < -0.39 is 11.9 Å². The molecule has 0 fully saturated rings. The highest BCUT2D eigenvalue weighted by Gasteiger charge is 2.02. The number of carboxylic acids is 1. The lowest BCUT2D eigenvalue weighted by molar-refractivity contribution is -0.134. The number of aromatic nitrogens is 1. The molecule has 1 aromatic heterocycles. The van der Waals surface area contributed by atoms with Crippen molar-refractivity contribution in [3.8, 4) is 0 Å². The Kier molecular flexibility index (Phi) is 3.56. The molecule has 5 heteroatoms. The van der Waals surface area contributed by atoms with Crippen LogP contribution in [0.15, 0.2) is 24.5 Å². The highest BCUT2D eigenvalue weighted by Crippen LogP contribution is 2.04. The maximum atomic E-state index is 10.8. The summed E-state index contributed by atoms with van der Waals surface area (Å²) in [6.07, 6.45) is 5.32. The smallest absolute Gasteiger partial charge is 0.337 e. The number of methoxy groups -OCH3 is 1. The molecule has 0 aliphatic heterocycles. The quantitative estimate of drug-likeness (QED) is 0.590. The number of aromatic carboxylic acids is 1. The van der Waals surface area contributed by atoms with Crippen LogP contribution in [-0.4, -0.2) is 29.1 Å². The van der Waals surface area contributed by atoms with E-state index in [2.05, 4.69) is 9.72 Å². The largest absolute Gasteiger partial charge is 0.478 e. The Morgan fingerprint density at radius 1 is 1.47 bits per heavy atom. The number of pyridine rings is 1. The maximum absolute atomic E-state index is 10.8. The van der Waals surface area contributed by atoms with Gasteiger partial charge >= 0.3 is 11.9 Å². The summed E-state index contributed by atoms with van der Waals surface area (Å²) in [5.41, 5.74) is 0.599. The lowest BCUT2D eigenvalue weighted by Crippen LogP contribution is -1.97. The number of hydrogen-bond acceptors (Lipinski definition) is 4. The summed E-state index contributed by atoms with van der Waals surface area (Å²) >= 11 is 0. The first-order valence-corrected chi connectivity index (χ1v) is 4.08. The summed E-state index contributed by atoms with van der Waals surface area (Å²) < 4.78 is 4.39. The number of carboxylic acid groups (broad SMARTS) is 1. The predicted molar refractivity (Wildman–Crippen MR) is 52.2 cm³/mol. The maximum Gasteiger partial charge on any atom is 0.337 e. The van der Waals surface area contributed by atoms with Crippen molar-refractivity contribution in [2.75, 3.05) is 7.11 Å². The van der Waals surface area contributed by atoms with Crippen molar-refractivity contribution >= 4 is 18.0 Å². The van der Waals surface area contributed by atoms with Crippen LogP contribution < -0.4 is 0 Å². The number of rotatable bonds is 3. The molecular formula is C10H9NO4. The molecule has 0 atom stereocenters. The fraction of sp³-hybridized carbons (Fsp3) is 0.100. The van der Waals surface area contributed by atoms with Gasteiger partial charge in [0.1, 0.15) is 0 Å². The predicted octanol–water partition coefficient (Wildman–Crippen LogP) is 0.966. The molecule has 0 saturated carbocycles. The SMILES string of the molecule is COC(=O)C=Cc1cncc(C(=O)O)c1. The minimum absolute atomic E-state index is 0.0713. The molecule has 1 heterocycles. The molecule has 0 bridgehead atoms. The van der Waals surface area contributed by atoms with Gasteiger partial charge in [-0.2, -0.15) is 0 Å². The van der Waals surface area contributed by atoms with Crippen LogP contribution in [0.25, 0.3) is 6.08 Å². The van der Waals surface area contributed by atoms with Crippen LogP contribution >= 0.6 is 0 Å². The van der Waals surface area contributed by atoms with Gasteiger partial charge in [-0.15, -0.1) is 0 Å². The van der Waals surface area contributed by atoms with Gasteiger partial charge in [-0.3, -0.25) is 4.98 Å². The van der Waals surface area contributed by atoms with E-state index in [1.807, 2.05) is 0 Å². The van der Waals surface area contributed by atoms with Crippen molar-refractivity contribution in [3.63, 3.8) is 0 Å². The standard InChI is InChI=1S/C10H9NO4/c1-15-9(12)3-2-7-4-8(10(13)14)6-11-5-7/h2-6H,1H3,(H,13,14). The van der Waals surface area contributed by atoms with E-state index >= 15 is 0 Å². The fourth-order valence-electron chi connectivity index (χ4n) is 0.898. The van der Waals surface area contributed by atoms with E-state index in [1.165, 1.54) is 37.7 Å². The lowest BCUT2D eigenvalue weighted by atomic mass is 10.2. The van der Waals surface area contributed by atoms with Gasteiger partial charge in [-0.1, -0.05) is 0 Å². The third-order valence-corrected chi connectivity index (χ3v) is 1.62. The second-order valence-electron chi connectivity index (χ2n) is 2.67. The Bertz CT molecular complexity index is 412. The van der Waals surface area contributed by atoms with E-state index in [-0.39, 0.29) is 5.56 Å². The lowest BCUT2D eigenvalue weighted by Gasteiger charge is -1.95. The molecule has 1 aromatic rings. The van der Waals surface area contributed by atoms with Gasteiger partial charge in [0, 0.05) is 18.5 Å². The molecule has 0 amide bonds. The van der Waals surface area contributed by atoms with Crippen LogP contribution in [0.4, 0.5) is 0 Å². The molecule has 0 saturated heterocycles. The van der Waals surface area contributed by atoms with Gasteiger partial charge in [-0.05, 0) is 17.7 Å². The number of esters is 1. The Hall–Kier alpha value is -2.17. The van der Waals surface area contributed by atoms with Gasteiger partial charge < -0.3 is 9.84 Å². The van der Waals surface area contributed by atoms with Crippen LogP contribution in [0, 0.1) is 0 Å². The monoisotopic (exact) mass is 207 g/mol. The van der Waals surface area contributed by atoms with Crippen molar-refractivity contribution in [2.24, 2.45) is 0 Å². The van der Waals surface area contributed by atoms with Crippen molar-refractivity contribution in [1.29, 1.82) is 0 Å². The topological polar surface area (TPSA) is 76.5 Å². The van der Waals surface area contributed by atoms with Gasteiger partial charge in [0.05, 0.1) is 12.7 Å². The number of carbonyl (C=O) groups excluding carboxylic acids is 1. The van der Waals surface area contributed by atoms with Crippen LogP contribution in [0.2, 0.25) is 0 Å². The molecule has 0 spiro atoms. The zero-order chi connectivity index (χ0) is 11.3. The summed E-state index contributed by atoms with van der Waals surface area (Å²) in [5, 5.41) is 8.68. The molecule has 0 unspecified atom stereocenters. The van der Waals surface area contributed by atoms with Crippen LogP contribution in [0.1, 0.15) is 15.9 Å². The first-order valence-electron chi connectivity index (χ1n) is 4.08. The van der Waals surface area contributed by atoms with Crippen molar-refractivity contribution in [2.45, 2.75) is 0 Å². The third-order valence-electron chi connectivity index (χ3n) is 1.62. The van der Waals surface area contributed by atoms with Crippen LogP contribution in [0.5, 0.6) is 0 Å². The highest BCUT2D eigenvalue weighted by atomic mass is 16.5. The fourth-order valence-corrected chi connectivity index (χ4v) is 0.898. The number of carbonyl (C=O) groups is 2. The second kappa shape index (κ2) is 4.90. The summed E-state index contributed by atoms with van der Waals surface area (Å²) in [7, 11) is 1.26. The van der Waals surface area contributed by atoms with E-state index in [0.717, 1.165) is 0 Å². The van der Waals surface area contributed by atoms with Crippen LogP contribution in [0.3, 0.4) is 0 Å². The summed E-state index contributed by atoms with van der Waals surface area (Å²) in [4.78, 5) is 25.1. The zero-order valence-corrected chi connectivity index (χ0v) is 8.01. The molecule has 1 rings (SSSR count). The Balaban J connectivity index is 2.87. The van der Waals surface area contributed by atoms with Crippen LogP contribution in [-0.2, 0) is 9.53 Å². The van der Waals surface area contributed by atoms with Crippen molar-refractivity contribution in [1.82, 2.24) is 4.98 Å². The minimum atomic E-state index is -1.06. The van der Waals surface area contributed by atoms with E-state index in [9.17, 15) is 9.59 Å². The molecule has 78 valence electrons. The highest BCUT2D eigenvalue weighted by molar-refractivity contribution is 5.89. The molecule has 1 N–H and O–H groups in total. The molecule has 5 nitrogen and oxygen atoms in total. The number of ether oxygens (including phenoxy) is 1. The van der Waals surface area contributed by atoms with Gasteiger partial charge in [0.25, 0.3) is 0 Å². The first kappa shape index (κ1) is 10.9. The number of nitrogens with zero attached hydrogens (tertiary/aromatic N) is 1. The van der Waals surface area contributed by atoms with E-state index in [0.29, 0.717) is 5.56 Å². The van der Waals surface area contributed by atoms with Gasteiger partial charge in [0.15, 0.2) is 0 Å². The van der Waals surface area contributed by atoms with E-state index in [1.54, 1.807) is 0 Å². The Morgan fingerprint density at radius 2 is 2.20 bits per heavy atom. The zero-order valence-electron chi connectivity index (χ0n) is 8.01. The summed E-state index contributed by atoms with van der Waals surface area (Å²) in [6, 6.07) is 1.41. The molecule has 0 aliphatic rings. The summed E-state index contributed by atoms with van der Waals surface area (Å²) in [5.74, 6) is -1.56. The Labute approximate surface area is 86.0 Å². The van der Waals surface area contributed by atoms with Crippen molar-refractivity contribution in [3.05, 3.63) is 35.7 Å².